The highest BCUT2D eigenvalue weighted by molar-refractivity contribution is 5.89. The Morgan fingerprint density at radius 3 is 2.40 bits per heavy atom. The number of hydrogen-bond acceptors (Lipinski definition) is 4. The minimum atomic E-state index is -1.06. The van der Waals surface area contributed by atoms with Gasteiger partial charge in [0.15, 0.2) is 0 Å². The van der Waals surface area contributed by atoms with Crippen molar-refractivity contribution in [2.45, 2.75) is 0 Å². The van der Waals surface area contributed by atoms with Crippen LogP contribution in [0.25, 0.3) is 0 Å². The average molecular weight is 145 g/mol. The molecule has 0 saturated carbocycles. The van der Waals surface area contributed by atoms with Crippen LogP contribution in [0.3, 0.4) is 0 Å². The summed E-state index contributed by atoms with van der Waals surface area (Å²) in [5.74, 6) is -1.06. The highest BCUT2D eigenvalue weighted by Crippen LogP contribution is 1.89. The maximum atomic E-state index is 10.2. The van der Waals surface area contributed by atoms with E-state index in [1.807, 2.05) is 0 Å². The highest BCUT2D eigenvalue weighted by Gasteiger charge is 2.16. The van der Waals surface area contributed by atoms with E-state index in [1.54, 1.807) is 0 Å². The summed E-state index contributed by atoms with van der Waals surface area (Å²) in [5, 5.41) is 12.3. The third kappa shape index (κ3) is 2.12. The molecular weight excluding hydrogens is 138 g/mol. The summed E-state index contributed by atoms with van der Waals surface area (Å²) in [7, 11) is 1.44. The summed E-state index contributed by atoms with van der Waals surface area (Å²) >= 11 is 0. The summed E-state index contributed by atoms with van der Waals surface area (Å²) in [6, 6.07) is 0. The Hall–Kier alpha value is -1.59. The Labute approximate surface area is 56.8 Å². The van der Waals surface area contributed by atoms with Crippen LogP contribution in [-0.2, 0) is 4.79 Å². The van der Waals surface area contributed by atoms with E-state index in [4.69, 9.17) is 0 Å². The fraction of sp³-hybridized carbons (Fsp3) is 0.250. The monoisotopic (exact) mass is 145 g/mol. The van der Waals surface area contributed by atoms with Crippen molar-refractivity contribution in [2.24, 2.45) is 5.73 Å². The smallest absolute Gasteiger partial charge is 0.348 e. The van der Waals surface area contributed by atoms with E-state index in [0.29, 0.717) is 0 Å². The average Bonchev–Trinajstić information content (AvgIpc) is 1.81. The molecule has 10 heavy (non-hydrogen) atoms. The van der Waals surface area contributed by atoms with Gasteiger partial charge in [-0.15, -0.1) is 0 Å². The number of carbonyl (C=O) groups is 1. The first-order valence-corrected chi connectivity index (χ1v) is 2.41. The predicted molar refractivity (Wildman–Crippen MR) is 33.3 cm³/mol. The quantitative estimate of drug-likeness (QED) is 0.296. The minimum absolute atomic E-state index is 0.650. The molecule has 0 rings (SSSR count). The van der Waals surface area contributed by atoms with Crippen LogP contribution < -0.4 is 11.1 Å². The SMILES string of the molecule is CN/C=C(/C(N)=O)[N+](=O)[O-]. The first-order valence-electron chi connectivity index (χ1n) is 2.41. The Morgan fingerprint density at radius 1 is 1.80 bits per heavy atom. The molecular formula is C4H7N3O3. The predicted octanol–water partition coefficient (Wildman–Crippen LogP) is -1.19. The van der Waals surface area contributed by atoms with E-state index in [0.717, 1.165) is 6.20 Å². The summed E-state index contributed by atoms with van der Waals surface area (Å²) in [6.07, 6.45) is 0.933. The molecule has 0 aliphatic rings. The molecule has 0 saturated heterocycles. The van der Waals surface area contributed by atoms with Crippen LogP contribution >= 0.6 is 0 Å². The van der Waals surface area contributed by atoms with Crippen LogP contribution in [0.5, 0.6) is 0 Å². The molecule has 0 aliphatic carbocycles. The zero-order chi connectivity index (χ0) is 8.15. The van der Waals surface area contributed by atoms with Crippen LogP contribution in [0.2, 0.25) is 0 Å². The number of carbonyl (C=O) groups excluding carboxylic acids is 1. The fourth-order valence-electron chi connectivity index (χ4n) is 0.351. The van der Waals surface area contributed by atoms with Crippen molar-refractivity contribution in [2.75, 3.05) is 7.05 Å². The molecule has 0 heterocycles. The molecule has 1 amide bonds. The van der Waals surface area contributed by atoms with Gasteiger partial charge in [0.25, 0.3) is 0 Å². The van der Waals surface area contributed by atoms with Gasteiger partial charge in [-0.3, -0.25) is 14.9 Å². The van der Waals surface area contributed by atoms with Gasteiger partial charge < -0.3 is 11.1 Å². The molecule has 0 fully saturated rings. The zero-order valence-corrected chi connectivity index (χ0v) is 5.33. The van der Waals surface area contributed by atoms with E-state index in [2.05, 4.69) is 11.1 Å². The van der Waals surface area contributed by atoms with Crippen molar-refractivity contribution in [1.82, 2.24) is 5.32 Å². The number of amides is 1. The third-order valence-corrected chi connectivity index (χ3v) is 0.730. The molecule has 0 aromatic carbocycles. The molecule has 3 N–H and O–H groups in total. The second-order valence-corrected chi connectivity index (χ2v) is 1.44. The van der Waals surface area contributed by atoms with Crippen LogP contribution in [0.4, 0.5) is 0 Å². The van der Waals surface area contributed by atoms with Crippen LogP contribution in [0.15, 0.2) is 11.9 Å². The number of rotatable bonds is 3. The number of nitro groups is 1. The molecule has 0 unspecified atom stereocenters. The Kier molecular flexibility index (Phi) is 2.89. The van der Waals surface area contributed by atoms with Gasteiger partial charge in [-0.1, -0.05) is 0 Å². The van der Waals surface area contributed by atoms with Crippen molar-refractivity contribution in [3.05, 3.63) is 22.0 Å². The molecule has 6 nitrogen and oxygen atoms in total. The van der Waals surface area contributed by atoms with Crippen molar-refractivity contribution >= 4 is 5.91 Å². The van der Waals surface area contributed by atoms with Gasteiger partial charge in [-0.05, 0) is 0 Å². The van der Waals surface area contributed by atoms with Gasteiger partial charge in [0.1, 0.15) is 0 Å². The standard InChI is InChI=1S/C4H7N3O3/c1-6-2-3(4(5)8)7(9)10/h2,6H,1H3,(H2,5,8)/b3-2-. The number of nitrogens with zero attached hydrogens (tertiary/aromatic N) is 1. The lowest BCUT2D eigenvalue weighted by Crippen LogP contribution is -2.21. The second kappa shape index (κ2) is 3.44. The topological polar surface area (TPSA) is 98.3 Å². The molecule has 0 aromatic heterocycles. The van der Waals surface area contributed by atoms with Crippen LogP contribution in [0, 0.1) is 10.1 Å². The maximum Gasteiger partial charge on any atom is 0.348 e. The molecule has 0 atom stereocenters. The molecule has 0 aliphatic heterocycles. The van der Waals surface area contributed by atoms with Crippen molar-refractivity contribution < 1.29 is 9.72 Å². The van der Waals surface area contributed by atoms with Gasteiger partial charge in [0.05, 0.1) is 11.1 Å². The Balaban J connectivity index is 4.42. The van der Waals surface area contributed by atoms with Gasteiger partial charge in [0, 0.05) is 7.05 Å². The number of nitrogens with two attached hydrogens (primary N) is 1. The van der Waals surface area contributed by atoms with E-state index >= 15 is 0 Å². The van der Waals surface area contributed by atoms with Crippen LogP contribution in [-0.4, -0.2) is 17.9 Å². The molecule has 0 bridgehead atoms. The van der Waals surface area contributed by atoms with Crippen molar-refractivity contribution in [3.8, 4) is 0 Å². The Bertz CT molecular complexity index is 170. The van der Waals surface area contributed by atoms with Gasteiger partial charge >= 0.3 is 11.6 Å². The summed E-state index contributed by atoms with van der Waals surface area (Å²) in [5.41, 5.74) is 3.98. The zero-order valence-electron chi connectivity index (χ0n) is 5.33. The lowest BCUT2D eigenvalue weighted by Gasteiger charge is -1.90. The molecule has 6 heteroatoms. The lowest BCUT2D eigenvalue weighted by molar-refractivity contribution is -0.419. The number of nitrogens with one attached hydrogen (secondary N) is 1. The largest absolute Gasteiger partial charge is 0.388 e. The van der Waals surface area contributed by atoms with E-state index in [1.165, 1.54) is 7.05 Å². The summed E-state index contributed by atoms with van der Waals surface area (Å²) in [4.78, 5) is 19.3. The lowest BCUT2D eigenvalue weighted by atomic mass is 10.5. The highest BCUT2D eigenvalue weighted by atomic mass is 16.6. The first-order chi connectivity index (χ1) is 4.59. The molecule has 56 valence electrons. The van der Waals surface area contributed by atoms with Crippen molar-refractivity contribution in [3.63, 3.8) is 0 Å². The normalized spacial score (nSPS) is 10.7. The summed E-state index contributed by atoms with van der Waals surface area (Å²) in [6.45, 7) is 0. The third-order valence-electron chi connectivity index (χ3n) is 0.730. The summed E-state index contributed by atoms with van der Waals surface area (Å²) < 4.78 is 0. The van der Waals surface area contributed by atoms with E-state index in [-0.39, 0.29) is 0 Å². The second-order valence-electron chi connectivity index (χ2n) is 1.44. The van der Waals surface area contributed by atoms with Crippen molar-refractivity contribution in [1.29, 1.82) is 0 Å². The Morgan fingerprint density at radius 2 is 2.30 bits per heavy atom. The van der Waals surface area contributed by atoms with Gasteiger partial charge in [-0.2, -0.15) is 0 Å². The minimum Gasteiger partial charge on any atom is -0.388 e. The molecule has 0 spiro atoms. The number of hydrogen-bond donors (Lipinski definition) is 2. The maximum absolute atomic E-state index is 10.2. The van der Waals surface area contributed by atoms with Gasteiger partial charge in [-0.25, -0.2) is 0 Å². The van der Waals surface area contributed by atoms with Gasteiger partial charge in [0.2, 0.25) is 0 Å². The number of primary amides is 1. The molecule has 0 radical (unpaired) electrons. The fourth-order valence-corrected chi connectivity index (χ4v) is 0.351. The van der Waals surface area contributed by atoms with E-state index in [9.17, 15) is 14.9 Å². The van der Waals surface area contributed by atoms with Crippen LogP contribution in [0.1, 0.15) is 0 Å². The first kappa shape index (κ1) is 8.41. The van der Waals surface area contributed by atoms with E-state index < -0.39 is 16.5 Å². The molecule has 0 aromatic rings.